The summed E-state index contributed by atoms with van der Waals surface area (Å²) in [5.74, 6) is -1.33. The van der Waals surface area contributed by atoms with Crippen molar-refractivity contribution in [2.24, 2.45) is 5.92 Å². The fourth-order valence-corrected chi connectivity index (χ4v) is 1.76. The summed E-state index contributed by atoms with van der Waals surface area (Å²) in [7, 11) is 0. The average molecular weight is 262 g/mol. The van der Waals surface area contributed by atoms with Gasteiger partial charge in [0.2, 0.25) is 0 Å². The summed E-state index contributed by atoms with van der Waals surface area (Å²) in [6.45, 7) is 3.44. The van der Waals surface area contributed by atoms with Crippen LogP contribution in [0.5, 0.6) is 0 Å². The third-order valence-electron chi connectivity index (χ3n) is 2.40. The minimum Gasteiger partial charge on any atom is -0.481 e. The van der Waals surface area contributed by atoms with Crippen molar-refractivity contribution in [3.8, 4) is 0 Å². The van der Waals surface area contributed by atoms with E-state index in [1.54, 1.807) is 32.0 Å². The molecular weight excluding hydrogens is 249 g/mol. The first-order chi connectivity index (χ1) is 7.40. The predicted molar refractivity (Wildman–Crippen MR) is 66.3 cm³/mol. The number of carboxylic acids is 1. The van der Waals surface area contributed by atoms with Crippen molar-refractivity contribution in [1.29, 1.82) is 0 Å². The minimum absolute atomic E-state index is 0.202. The molecular formula is C11H13Cl2NO2. The molecule has 16 heavy (non-hydrogen) atoms. The van der Waals surface area contributed by atoms with Crippen LogP contribution < -0.4 is 5.32 Å². The van der Waals surface area contributed by atoms with E-state index in [-0.39, 0.29) is 6.04 Å². The molecule has 2 N–H and O–H groups in total. The maximum absolute atomic E-state index is 10.8. The summed E-state index contributed by atoms with van der Waals surface area (Å²) in [6.07, 6.45) is 0. The minimum atomic E-state index is -0.840. The number of nitrogens with one attached hydrogen (secondary N) is 1. The van der Waals surface area contributed by atoms with E-state index in [4.69, 9.17) is 28.3 Å². The fourth-order valence-electron chi connectivity index (χ4n) is 1.24. The van der Waals surface area contributed by atoms with Gasteiger partial charge in [-0.3, -0.25) is 4.79 Å². The summed E-state index contributed by atoms with van der Waals surface area (Å²) >= 11 is 11.7. The lowest BCUT2D eigenvalue weighted by molar-refractivity contribution is -0.141. The zero-order valence-corrected chi connectivity index (χ0v) is 10.5. The Balaban J connectivity index is 2.76. The topological polar surface area (TPSA) is 49.3 Å². The van der Waals surface area contributed by atoms with Crippen LogP contribution in [0.25, 0.3) is 0 Å². The number of carboxylic acid groups (broad SMARTS) is 1. The number of rotatable bonds is 4. The van der Waals surface area contributed by atoms with Crippen LogP contribution in [0.3, 0.4) is 0 Å². The number of aliphatic carboxylic acids is 1. The van der Waals surface area contributed by atoms with E-state index >= 15 is 0 Å². The van der Waals surface area contributed by atoms with E-state index < -0.39 is 11.9 Å². The third kappa shape index (κ3) is 3.58. The van der Waals surface area contributed by atoms with Gasteiger partial charge in [0.1, 0.15) is 0 Å². The van der Waals surface area contributed by atoms with Crippen molar-refractivity contribution in [3.05, 3.63) is 28.2 Å². The monoisotopic (exact) mass is 261 g/mol. The number of carbonyl (C=O) groups is 1. The quantitative estimate of drug-likeness (QED) is 0.872. The predicted octanol–water partition coefficient (Wildman–Crippen LogP) is 3.51. The third-order valence-corrected chi connectivity index (χ3v) is 2.83. The van der Waals surface area contributed by atoms with Crippen LogP contribution in [0.2, 0.25) is 10.0 Å². The standard InChI is InChI=1S/C11H13Cl2NO2/c1-6(11(15)16)7(2)14-10-4-8(12)3-9(13)5-10/h3-7,14H,1-2H3,(H,15,16). The van der Waals surface area contributed by atoms with E-state index in [2.05, 4.69) is 5.32 Å². The summed E-state index contributed by atoms with van der Waals surface area (Å²) in [4.78, 5) is 10.8. The largest absolute Gasteiger partial charge is 0.481 e. The van der Waals surface area contributed by atoms with E-state index in [9.17, 15) is 4.79 Å². The van der Waals surface area contributed by atoms with Gasteiger partial charge in [-0.15, -0.1) is 0 Å². The summed E-state index contributed by atoms with van der Waals surface area (Å²) in [5, 5.41) is 12.9. The molecule has 0 bridgehead atoms. The van der Waals surface area contributed by atoms with Gasteiger partial charge in [-0.05, 0) is 32.0 Å². The molecule has 0 fully saturated rings. The Morgan fingerprint density at radius 2 is 1.75 bits per heavy atom. The van der Waals surface area contributed by atoms with Crippen molar-refractivity contribution < 1.29 is 9.90 Å². The van der Waals surface area contributed by atoms with Crippen molar-refractivity contribution >= 4 is 34.9 Å². The molecule has 0 amide bonds. The molecule has 88 valence electrons. The molecule has 0 aliphatic heterocycles. The number of hydrogen-bond acceptors (Lipinski definition) is 2. The first-order valence-corrected chi connectivity index (χ1v) is 5.61. The highest BCUT2D eigenvalue weighted by molar-refractivity contribution is 6.35. The zero-order valence-electron chi connectivity index (χ0n) is 9.00. The molecule has 1 aromatic rings. The maximum atomic E-state index is 10.8. The highest BCUT2D eigenvalue weighted by atomic mass is 35.5. The van der Waals surface area contributed by atoms with Gasteiger partial charge in [-0.25, -0.2) is 0 Å². The van der Waals surface area contributed by atoms with Gasteiger partial charge in [0.05, 0.1) is 5.92 Å². The first kappa shape index (κ1) is 13.1. The van der Waals surface area contributed by atoms with Crippen LogP contribution in [0, 0.1) is 5.92 Å². The Morgan fingerprint density at radius 1 is 1.25 bits per heavy atom. The summed E-state index contributed by atoms with van der Waals surface area (Å²) < 4.78 is 0. The lowest BCUT2D eigenvalue weighted by Crippen LogP contribution is -2.29. The molecule has 1 aromatic carbocycles. The van der Waals surface area contributed by atoms with E-state index in [0.717, 1.165) is 5.69 Å². The Labute approximate surface area is 104 Å². The van der Waals surface area contributed by atoms with Crippen LogP contribution in [0.1, 0.15) is 13.8 Å². The Morgan fingerprint density at radius 3 is 2.19 bits per heavy atom. The SMILES string of the molecule is CC(Nc1cc(Cl)cc(Cl)c1)C(C)C(=O)O. The van der Waals surface area contributed by atoms with Gasteiger partial charge in [0.15, 0.2) is 0 Å². The van der Waals surface area contributed by atoms with Crippen LogP contribution in [0.4, 0.5) is 5.69 Å². The highest BCUT2D eigenvalue weighted by Crippen LogP contribution is 2.23. The van der Waals surface area contributed by atoms with Crippen molar-refractivity contribution in [2.75, 3.05) is 5.32 Å². The lowest BCUT2D eigenvalue weighted by Gasteiger charge is -2.19. The zero-order chi connectivity index (χ0) is 12.3. The normalized spacial score (nSPS) is 14.2. The molecule has 0 aromatic heterocycles. The van der Waals surface area contributed by atoms with E-state index in [0.29, 0.717) is 10.0 Å². The summed E-state index contributed by atoms with van der Waals surface area (Å²) in [5.41, 5.74) is 0.720. The summed E-state index contributed by atoms with van der Waals surface area (Å²) in [6, 6.07) is 4.84. The second kappa shape index (κ2) is 5.41. The van der Waals surface area contributed by atoms with Crippen LogP contribution in [0.15, 0.2) is 18.2 Å². The first-order valence-electron chi connectivity index (χ1n) is 4.85. The Kier molecular flexibility index (Phi) is 4.44. The van der Waals surface area contributed by atoms with Crippen molar-refractivity contribution in [2.45, 2.75) is 19.9 Å². The number of benzene rings is 1. The smallest absolute Gasteiger partial charge is 0.308 e. The molecule has 2 atom stereocenters. The van der Waals surface area contributed by atoms with E-state index in [1.165, 1.54) is 0 Å². The second-order valence-electron chi connectivity index (χ2n) is 3.72. The van der Waals surface area contributed by atoms with Gasteiger partial charge in [0.25, 0.3) is 0 Å². The number of anilines is 1. The van der Waals surface area contributed by atoms with Gasteiger partial charge >= 0.3 is 5.97 Å². The molecule has 0 saturated heterocycles. The average Bonchev–Trinajstić information content (AvgIpc) is 2.14. The van der Waals surface area contributed by atoms with Crippen LogP contribution in [-0.4, -0.2) is 17.1 Å². The van der Waals surface area contributed by atoms with Crippen molar-refractivity contribution in [1.82, 2.24) is 0 Å². The molecule has 0 saturated carbocycles. The van der Waals surface area contributed by atoms with Gasteiger partial charge in [-0.2, -0.15) is 0 Å². The molecule has 0 heterocycles. The Bertz CT molecular complexity index is 375. The molecule has 0 spiro atoms. The Hall–Kier alpha value is -0.930. The highest BCUT2D eigenvalue weighted by Gasteiger charge is 2.19. The number of hydrogen-bond donors (Lipinski definition) is 2. The molecule has 0 radical (unpaired) electrons. The van der Waals surface area contributed by atoms with Gasteiger partial charge in [0, 0.05) is 21.8 Å². The molecule has 0 aliphatic rings. The van der Waals surface area contributed by atoms with Crippen molar-refractivity contribution in [3.63, 3.8) is 0 Å². The molecule has 3 nitrogen and oxygen atoms in total. The van der Waals surface area contributed by atoms with Gasteiger partial charge < -0.3 is 10.4 Å². The molecule has 0 aliphatic carbocycles. The van der Waals surface area contributed by atoms with Gasteiger partial charge in [-0.1, -0.05) is 23.2 Å². The molecule has 5 heteroatoms. The van der Waals surface area contributed by atoms with E-state index in [1.807, 2.05) is 0 Å². The fraction of sp³-hybridized carbons (Fsp3) is 0.364. The van der Waals surface area contributed by atoms with Crippen LogP contribution in [-0.2, 0) is 4.79 Å². The number of halogens is 2. The van der Waals surface area contributed by atoms with Crippen LogP contribution >= 0.6 is 23.2 Å². The molecule has 1 rings (SSSR count). The molecule has 2 unspecified atom stereocenters. The maximum Gasteiger partial charge on any atom is 0.308 e. The lowest BCUT2D eigenvalue weighted by atomic mass is 10.0. The second-order valence-corrected chi connectivity index (χ2v) is 4.59.